The Kier molecular flexibility index (Phi) is 18.7. The van der Waals surface area contributed by atoms with Gasteiger partial charge in [0.15, 0.2) is 0 Å². The predicted octanol–water partition coefficient (Wildman–Crippen LogP) is 9.75. The summed E-state index contributed by atoms with van der Waals surface area (Å²) in [7, 11) is 0. The molecule has 7 fully saturated rings. The van der Waals surface area contributed by atoms with E-state index in [4.69, 9.17) is 0 Å². The first kappa shape index (κ1) is 23.0. The van der Waals surface area contributed by atoms with Gasteiger partial charge >= 0.3 is 0 Å². The predicted molar refractivity (Wildman–Crippen MR) is 115 cm³/mol. The molecule has 0 aromatic carbocycles. The molecular weight excluding hydrogens is 300 g/mol. The molecule has 0 atom stereocenters. The molecular formula is C25H50. The van der Waals surface area contributed by atoms with E-state index < -0.39 is 0 Å². The lowest BCUT2D eigenvalue weighted by Crippen LogP contribution is -1.85. The highest BCUT2D eigenvalue weighted by Gasteiger charge is 1.97. The third-order valence-corrected chi connectivity index (χ3v) is 5.06. The van der Waals surface area contributed by atoms with Crippen LogP contribution in [0, 0.1) is 0 Å². The van der Waals surface area contributed by atoms with Crippen molar-refractivity contribution in [3.63, 3.8) is 0 Å². The van der Waals surface area contributed by atoms with Crippen LogP contribution < -0.4 is 0 Å². The molecule has 25 heavy (non-hydrogen) atoms. The monoisotopic (exact) mass is 350 g/mol. The first-order valence-corrected chi connectivity index (χ1v) is 12.5. The van der Waals surface area contributed by atoms with Crippen molar-refractivity contribution in [1.29, 1.82) is 0 Å². The van der Waals surface area contributed by atoms with E-state index in [1.54, 1.807) is 0 Å². The second-order valence-electron chi connectivity index (χ2n) is 8.84. The van der Waals surface area contributed by atoms with E-state index in [1.165, 1.54) is 161 Å². The van der Waals surface area contributed by atoms with Crippen LogP contribution in [-0.4, -0.2) is 0 Å². The Morgan fingerprint density at radius 2 is 0.120 bits per heavy atom. The minimum atomic E-state index is 1.50. The minimum Gasteiger partial charge on any atom is -0.0533 e. The quantitative estimate of drug-likeness (QED) is 0.407. The SMILES string of the molecule is C1CC1.C1CC1.C1CC1.C1CCC1.C1CCC1.C1CCC1.C1CCC1. The van der Waals surface area contributed by atoms with Crippen molar-refractivity contribution in [2.75, 3.05) is 0 Å². The Morgan fingerprint density at radius 1 is 0.0800 bits per heavy atom. The zero-order valence-corrected chi connectivity index (χ0v) is 17.7. The van der Waals surface area contributed by atoms with Crippen LogP contribution >= 0.6 is 0 Å². The molecule has 0 aromatic rings. The van der Waals surface area contributed by atoms with Gasteiger partial charge in [-0.05, 0) is 0 Å². The van der Waals surface area contributed by atoms with E-state index in [0.29, 0.717) is 0 Å². The van der Waals surface area contributed by atoms with Gasteiger partial charge in [0.05, 0.1) is 0 Å². The molecule has 0 nitrogen and oxygen atoms in total. The molecule has 0 unspecified atom stereocenters. The van der Waals surface area contributed by atoms with E-state index in [9.17, 15) is 0 Å². The van der Waals surface area contributed by atoms with Crippen LogP contribution in [0.5, 0.6) is 0 Å². The lowest BCUT2D eigenvalue weighted by molar-refractivity contribution is 0.504. The normalized spacial score (nSPS) is 24.0. The fraction of sp³-hybridized carbons (Fsp3) is 1.00. The summed E-state index contributed by atoms with van der Waals surface area (Å²) in [6.07, 6.45) is 37.5. The van der Waals surface area contributed by atoms with Crippen molar-refractivity contribution in [3.8, 4) is 0 Å². The van der Waals surface area contributed by atoms with Crippen LogP contribution in [0.4, 0.5) is 0 Å². The first-order valence-electron chi connectivity index (χ1n) is 12.5. The topological polar surface area (TPSA) is 0 Å². The lowest BCUT2D eigenvalue weighted by Gasteiger charge is -2.05. The van der Waals surface area contributed by atoms with E-state index in [-0.39, 0.29) is 0 Å². The van der Waals surface area contributed by atoms with Gasteiger partial charge in [-0.15, -0.1) is 0 Å². The molecule has 0 bridgehead atoms. The minimum absolute atomic E-state index is 1.50. The summed E-state index contributed by atoms with van der Waals surface area (Å²) < 4.78 is 0. The van der Waals surface area contributed by atoms with Crippen molar-refractivity contribution in [3.05, 3.63) is 0 Å². The lowest BCUT2D eigenvalue weighted by atomic mass is 10.0. The smallest absolute Gasteiger partial charge is 0.0533 e. The maximum Gasteiger partial charge on any atom is -0.0533 e. The highest BCUT2D eigenvalue weighted by atomic mass is 14.0. The second kappa shape index (κ2) is 20.3. The fourth-order valence-corrected chi connectivity index (χ4v) is 1.000. The average Bonchev–Trinajstić information content (AvgIpc) is 3.24. The van der Waals surface area contributed by atoms with Crippen LogP contribution in [0.25, 0.3) is 0 Å². The molecule has 0 N–H and O–H groups in total. The molecule has 0 radical (unpaired) electrons. The maximum absolute atomic E-state index is 1.50. The van der Waals surface area contributed by atoms with Gasteiger partial charge in [-0.2, -0.15) is 0 Å². The molecule has 0 spiro atoms. The number of rotatable bonds is 0. The molecule has 0 heterocycles. The van der Waals surface area contributed by atoms with Crippen molar-refractivity contribution in [2.45, 2.75) is 161 Å². The van der Waals surface area contributed by atoms with Gasteiger partial charge in [-0.1, -0.05) is 161 Å². The van der Waals surface area contributed by atoms with E-state index in [1.807, 2.05) is 0 Å². The van der Waals surface area contributed by atoms with Gasteiger partial charge in [0.1, 0.15) is 0 Å². The van der Waals surface area contributed by atoms with Crippen molar-refractivity contribution in [1.82, 2.24) is 0 Å². The zero-order valence-electron chi connectivity index (χ0n) is 17.7. The van der Waals surface area contributed by atoms with Gasteiger partial charge in [-0.3, -0.25) is 0 Å². The summed E-state index contributed by atoms with van der Waals surface area (Å²) in [4.78, 5) is 0. The fourth-order valence-electron chi connectivity index (χ4n) is 1.000. The van der Waals surface area contributed by atoms with Gasteiger partial charge in [0.2, 0.25) is 0 Å². The van der Waals surface area contributed by atoms with Crippen LogP contribution in [-0.2, 0) is 0 Å². The molecule has 7 rings (SSSR count). The van der Waals surface area contributed by atoms with Gasteiger partial charge in [0.25, 0.3) is 0 Å². The summed E-state index contributed by atoms with van der Waals surface area (Å²) >= 11 is 0. The summed E-state index contributed by atoms with van der Waals surface area (Å²) in [5, 5.41) is 0. The zero-order chi connectivity index (χ0) is 17.7. The van der Waals surface area contributed by atoms with Gasteiger partial charge in [0, 0.05) is 0 Å². The van der Waals surface area contributed by atoms with Crippen molar-refractivity contribution < 1.29 is 0 Å². The maximum atomic E-state index is 1.50. The van der Waals surface area contributed by atoms with Crippen LogP contribution in [0.2, 0.25) is 0 Å². The Labute approximate surface area is 160 Å². The Morgan fingerprint density at radius 3 is 0.120 bits per heavy atom. The summed E-state index contributed by atoms with van der Waals surface area (Å²) in [6.45, 7) is 0. The molecule has 0 aromatic heterocycles. The van der Waals surface area contributed by atoms with Crippen LogP contribution in [0.15, 0.2) is 0 Å². The molecule has 7 aliphatic carbocycles. The molecule has 150 valence electrons. The second-order valence-corrected chi connectivity index (χ2v) is 8.84. The Bertz CT molecular complexity index is 140. The number of hydrogen-bond donors (Lipinski definition) is 0. The molecule has 0 heteroatoms. The van der Waals surface area contributed by atoms with E-state index in [0.717, 1.165) is 0 Å². The molecule has 7 aliphatic rings. The molecule has 0 amide bonds. The largest absolute Gasteiger partial charge is 0.0533 e. The van der Waals surface area contributed by atoms with E-state index >= 15 is 0 Å². The average molecular weight is 351 g/mol. The number of hydrogen-bond acceptors (Lipinski definition) is 0. The highest BCUT2D eigenvalue weighted by molar-refractivity contribution is 4.53. The van der Waals surface area contributed by atoms with Crippen LogP contribution in [0.3, 0.4) is 0 Å². The molecule has 7 saturated carbocycles. The van der Waals surface area contributed by atoms with Crippen molar-refractivity contribution in [2.24, 2.45) is 0 Å². The van der Waals surface area contributed by atoms with Crippen molar-refractivity contribution >= 4 is 0 Å². The summed E-state index contributed by atoms with van der Waals surface area (Å²) in [5.74, 6) is 0. The van der Waals surface area contributed by atoms with Gasteiger partial charge < -0.3 is 0 Å². The third-order valence-electron chi connectivity index (χ3n) is 5.06. The molecule has 0 aliphatic heterocycles. The summed E-state index contributed by atoms with van der Waals surface area (Å²) in [6, 6.07) is 0. The molecule has 0 saturated heterocycles. The Hall–Kier alpha value is 0. The highest BCUT2D eigenvalue weighted by Crippen LogP contribution is 2.17. The Balaban J connectivity index is 0.000000146. The third kappa shape index (κ3) is 32.2. The van der Waals surface area contributed by atoms with E-state index in [2.05, 4.69) is 0 Å². The van der Waals surface area contributed by atoms with Crippen LogP contribution in [0.1, 0.15) is 161 Å². The van der Waals surface area contributed by atoms with Gasteiger partial charge in [-0.25, -0.2) is 0 Å². The first-order chi connectivity index (χ1) is 12.5. The standard InChI is InChI=1S/4C4H8.3C3H6/c4*1-2-4-3-1;3*1-2-3-1/h4*1-4H2;3*1-3H2. The summed E-state index contributed by atoms with van der Waals surface area (Å²) in [5.41, 5.74) is 0.